The van der Waals surface area contributed by atoms with Gasteiger partial charge < -0.3 is 5.32 Å². The van der Waals surface area contributed by atoms with Crippen molar-refractivity contribution in [2.45, 2.75) is 19.9 Å². The van der Waals surface area contributed by atoms with Crippen LogP contribution in [0, 0.1) is 0 Å². The molecule has 108 valence electrons. The number of nitrogens with zero attached hydrogens (tertiary/aromatic N) is 1. The number of nitrogens with one attached hydrogen (secondary N) is 1. The van der Waals surface area contributed by atoms with Crippen molar-refractivity contribution in [1.82, 2.24) is 9.62 Å². The zero-order chi connectivity index (χ0) is 14.3. The Hall–Kier alpha value is -0.620. The molecule has 0 spiro atoms. The quantitative estimate of drug-likeness (QED) is 0.748. The number of sulfonamides is 1. The van der Waals surface area contributed by atoms with E-state index in [0.29, 0.717) is 18.0 Å². The molecule has 4 nitrogen and oxygen atoms in total. The van der Waals surface area contributed by atoms with E-state index in [1.165, 1.54) is 4.31 Å². The lowest BCUT2D eigenvalue weighted by molar-refractivity contribution is 0.464. The van der Waals surface area contributed by atoms with Gasteiger partial charge in [0, 0.05) is 18.6 Å². The summed E-state index contributed by atoms with van der Waals surface area (Å²) in [6, 6.07) is 7.29. The van der Waals surface area contributed by atoms with Crippen LogP contribution in [-0.2, 0) is 16.6 Å². The Balaban J connectivity index is 2.56. The molecule has 0 atom stereocenters. The fraction of sp³-hybridized carbons (Fsp3) is 0.538. The molecule has 1 N–H and O–H groups in total. The molecule has 1 aromatic rings. The van der Waals surface area contributed by atoms with E-state index >= 15 is 0 Å². The maximum Gasteiger partial charge on any atom is 0.214 e. The SMILES string of the molecule is CCNCCCS(=O)(=O)N(C)Cc1ccccc1Cl. The summed E-state index contributed by atoms with van der Waals surface area (Å²) in [5.41, 5.74) is 0.821. The molecular weight excluding hydrogens is 284 g/mol. The van der Waals surface area contributed by atoms with Crippen LogP contribution in [0.5, 0.6) is 0 Å². The number of halogens is 1. The third kappa shape index (κ3) is 5.48. The van der Waals surface area contributed by atoms with Gasteiger partial charge in [0.25, 0.3) is 0 Å². The molecule has 1 rings (SSSR count). The topological polar surface area (TPSA) is 49.4 Å². The van der Waals surface area contributed by atoms with E-state index in [1.807, 2.05) is 25.1 Å². The molecule has 0 aliphatic carbocycles. The highest BCUT2D eigenvalue weighted by atomic mass is 35.5. The van der Waals surface area contributed by atoms with Gasteiger partial charge >= 0.3 is 0 Å². The normalized spacial score (nSPS) is 12.0. The molecule has 1 aromatic carbocycles. The molecule has 0 heterocycles. The summed E-state index contributed by atoms with van der Waals surface area (Å²) in [7, 11) is -1.63. The molecule has 19 heavy (non-hydrogen) atoms. The van der Waals surface area contributed by atoms with Crippen LogP contribution in [0.15, 0.2) is 24.3 Å². The van der Waals surface area contributed by atoms with Crippen LogP contribution in [0.1, 0.15) is 18.9 Å². The fourth-order valence-electron chi connectivity index (χ4n) is 1.68. The van der Waals surface area contributed by atoms with Gasteiger partial charge in [0.2, 0.25) is 10.0 Å². The minimum atomic E-state index is -3.22. The van der Waals surface area contributed by atoms with Crippen LogP contribution < -0.4 is 5.32 Å². The van der Waals surface area contributed by atoms with E-state index in [-0.39, 0.29) is 5.75 Å². The molecule has 0 saturated carbocycles. The molecule has 0 saturated heterocycles. The lowest BCUT2D eigenvalue weighted by Gasteiger charge is -2.18. The molecule has 0 fully saturated rings. The fourth-order valence-corrected chi connectivity index (χ4v) is 3.03. The first-order chi connectivity index (χ1) is 8.97. The molecule has 0 bridgehead atoms. The molecular formula is C13H21ClN2O2S. The van der Waals surface area contributed by atoms with Crippen molar-refractivity contribution in [2.75, 3.05) is 25.9 Å². The monoisotopic (exact) mass is 304 g/mol. The summed E-state index contributed by atoms with van der Waals surface area (Å²) in [5.74, 6) is 0.154. The number of hydrogen-bond donors (Lipinski definition) is 1. The lowest BCUT2D eigenvalue weighted by Crippen LogP contribution is -2.30. The van der Waals surface area contributed by atoms with E-state index in [0.717, 1.165) is 18.7 Å². The van der Waals surface area contributed by atoms with Crippen molar-refractivity contribution < 1.29 is 8.42 Å². The van der Waals surface area contributed by atoms with Crippen LogP contribution in [0.4, 0.5) is 0 Å². The van der Waals surface area contributed by atoms with Crippen molar-refractivity contribution in [1.29, 1.82) is 0 Å². The Labute approximate surface area is 120 Å². The third-order valence-electron chi connectivity index (χ3n) is 2.83. The first-order valence-corrected chi connectivity index (χ1v) is 8.34. The molecule has 0 unspecified atom stereocenters. The molecule has 0 aliphatic rings. The minimum Gasteiger partial charge on any atom is -0.317 e. The van der Waals surface area contributed by atoms with Gasteiger partial charge in [0.15, 0.2) is 0 Å². The second-order valence-corrected chi connectivity index (χ2v) is 6.97. The zero-order valence-electron chi connectivity index (χ0n) is 11.4. The predicted molar refractivity (Wildman–Crippen MR) is 79.9 cm³/mol. The third-order valence-corrected chi connectivity index (χ3v) is 5.08. The standard InChI is InChI=1S/C13H21ClN2O2S/c1-3-15-9-6-10-19(17,18)16(2)11-12-7-4-5-8-13(12)14/h4-5,7-8,15H,3,6,9-11H2,1-2H3. The summed E-state index contributed by atoms with van der Waals surface area (Å²) in [6.45, 7) is 3.88. The van der Waals surface area contributed by atoms with E-state index in [2.05, 4.69) is 5.32 Å². The summed E-state index contributed by atoms with van der Waals surface area (Å²) in [4.78, 5) is 0. The summed E-state index contributed by atoms with van der Waals surface area (Å²) >= 11 is 6.03. The predicted octanol–water partition coefficient (Wildman–Crippen LogP) is 2.10. The Morgan fingerprint density at radius 1 is 1.32 bits per heavy atom. The van der Waals surface area contributed by atoms with Gasteiger partial charge in [0.1, 0.15) is 0 Å². The number of rotatable bonds is 8. The smallest absolute Gasteiger partial charge is 0.214 e. The van der Waals surface area contributed by atoms with Crippen LogP contribution >= 0.6 is 11.6 Å². The second kappa shape index (κ2) is 7.85. The average Bonchev–Trinajstić information content (AvgIpc) is 2.37. The van der Waals surface area contributed by atoms with Gasteiger partial charge in [-0.2, -0.15) is 0 Å². The lowest BCUT2D eigenvalue weighted by atomic mass is 10.2. The summed E-state index contributed by atoms with van der Waals surface area (Å²) < 4.78 is 25.5. The molecule has 0 amide bonds. The molecule has 0 radical (unpaired) electrons. The second-order valence-electron chi connectivity index (χ2n) is 4.37. The number of benzene rings is 1. The van der Waals surface area contributed by atoms with Gasteiger partial charge in [0.05, 0.1) is 5.75 Å². The van der Waals surface area contributed by atoms with Gasteiger partial charge in [-0.3, -0.25) is 0 Å². The largest absolute Gasteiger partial charge is 0.317 e. The van der Waals surface area contributed by atoms with Crippen LogP contribution in [-0.4, -0.2) is 38.6 Å². The van der Waals surface area contributed by atoms with E-state index < -0.39 is 10.0 Å². The van der Waals surface area contributed by atoms with Crippen molar-refractivity contribution in [2.24, 2.45) is 0 Å². The van der Waals surface area contributed by atoms with Crippen LogP contribution in [0.2, 0.25) is 5.02 Å². The Kier molecular flexibility index (Phi) is 6.79. The van der Waals surface area contributed by atoms with Gasteiger partial charge in [-0.25, -0.2) is 12.7 Å². The highest BCUT2D eigenvalue weighted by molar-refractivity contribution is 7.89. The maximum atomic E-state index is 12.1. The first kappa shape index (κ1) is 16.4. The highest BCUT2D eigenvalue weighted by Crippen LogP contribution is 2.17. The van der Waals surface area contributed by atoms with Crippen molar-refractivity contribution in [3.63, 3.8) is 0 Å². The van der Waals surface area contributed by atoms with E-state index in [4.69, 9.17) is 11.6 Å². The average molecular weight is 305 g/mol. The Bertz CT molecular complexity index is 491. The van der Waals surface area contributed by atoms with Crippen LogP contribution in [0.25, 0.3) is 0 Å². The van der Waals surface area contributed by atoms with Crippen molar-refractivity contribution >= 4 is 21.6 Å². The molecule has 6 heteroatoms. The number of hydrogen-bond acceptors (Lipinski definition) is 3. The molecule has 0 aliphatic heterocycles. The van der Waals surface area contributed by atoms with E-state index in [9.17, 15) is 8.42 Å². The van der Waals surface area contributed by atoms with Crippen molar-refractivity contribution in [3.8, 4) is 0 Å². The zero-order valence-corrected chi connectivity index (χ0v) is 13.0. The first-order valence-electron chi connectivity index (χ1n) is 6.35. The Morgan fingerprint density at radius 2 is 2.00 bits per heavy atom. The van der Waals surface area contributed by atoms with Gasteiger partial charge in [-0.05, 0) is 31.1 Å². The minimum absolute atomic E-state index is 0.154. The summed E-state index contributed by atoms with van der Waals surface area (Å²) in [6.07, 6.45) is 0.614. The van der Waals surface area contributed by atoms with Gasteiger partial charge in [-0.1, -0.05) is 36.7 Å². The van der Waals surface area contributed by atoms with Crippen molar-refractivity contribution in [3.05, 3.63) is 34.9 Å². The molecule has 0 aromatic heterocycles. The highest BCUT2D eigenvalue weighted by Gasteiger charge is 2.18. The van der Waals surface area contributed by atoms with Gasteiger partial charge in [-0.15, -0.1) is 0 Å². The maximum absolute atomic E-state index is 12.1. The Morgan fingerprint density at radius 3 is 2.63 bits per heavy atom. The van der Waals surface area contributed by atoms with Crippen LogP contribution in [0.3, 0.4) is 0 Å². The summed E-state index contributed by atoms with van der Waals surface area (Å²) in [5, 5.41) is 3.71. The van der Waals surface area contributed by atoms with E-state index in [1.54, 1.807) is 13.1 Å².